The van der Waals surface area contributed by atoms with Crippen molar-refractivity contribution in [1.82, 2.24) is 30.4 Å². The third-order valence-corrected chi connectivity index (χ3v) is 5.58. The van der Waals surface area contributed by atoms with E-state index in [9.17, 15) is 0 Å². The molecule has 1 aliphatic heterocycles. The molecule has 3 aromatic rings. The van der Waals surface area contributed by atoms with Gasteiger partial charge in [0.25, 0.3) is 0 Å². The van der Waals surface area contributed by atoms with Gasteiger partial charge in [0.15, 0.2) is 11.8 Å². The predicted octanol–water partition coefficient (Wildman–Crippen LogP) is 3.49. The molecule has 0 saturated carbocycles. The van der Waals surface area contributed by atoms with E-state index in [1.807, 2.05) is 49.0 Å². The van der Waals surface area contributed by atoms with Crippen LogP contribution in [0.2, 0.25) is 5.02 Å². The molecule has 8 nitrogen and oxygen atoms in total. The van der Waals surface area contributed by atoms with Crippen molar-refractivity contribution in [2.24, 2.45) is 4.99 Å². The van der Waals surface area contributed by atoms with Crippen molar-refractivity contribution in [3.05, 3.63) is 64.7 Å². The molecule has 10 heteroatoms. The van der Waals surface area contributed by atoms with Crippen molar-refractivity contribution in [2.45, 2.75) is 32.9 Å². The van der Waals surface area contributed by atoms with E-state index in [-0.39, 0.29) is 30.0 Å². The normalized spacial score (nSPS) is 16.1. The summed E-state index contributed by atoms with van der Waals surface area (Å²) in [7, 11) is 1.78. The van der Waals surface area contributed by atoms with Gasteiger partial charge in [0.05, 0.1) is 10.7 Å². The van der Waals surface area contributed by atoms with E-state index in [0.717, 1.165) is 54.1 Å². The summed E-state index contributed by atoms with van der Waals surface area (Å²) in [6.07, 6.45) is 4.63. The van der Waals surface area contributed by atoms with Crippen LogP contribution in [0, 0.1) is 13.8 Å². The summed E-state index contributed by atoms with van der Waals surface area (Å²) >= 11 is 6.29. The SMILES string of the molecule is CN=C(NCc1ccc(-n2nc(C)cc2C)nc1)NC1CCN(c2ncccc2Cl)C1.I. The number of aliphatic imine (C=N–C) groups is 1. The first-order valence-electron chi connectivity index (χ1n) is 10.3. The van der Waals surface area contributed by atoms with Crippen LogP contribution in [0.15, 0.2) is 47.7 Å². The monoisotopic (exact) mass is 566 g/mol. The van der Waals surface area contributed by atoms with Gasteiger partial charge in [-0.1, -0.05) is 17.7 Å². The molecule has 0 bridgehead atoms. The molecule has 1 aliphatic rings. The molecule has 4 heterocycles. The lowest BCUT2D eigenvalue weighted by Crippen LogP contribution is -2.44. The number of hydrogen-bond acceptors (Lipinski definition) is 5. The molecular formula is C22H28ClIN8. The molecule has 1 fully saturated rings. The number of halogens is 2. The zero-order chi connectivity index (χ0) is 21.8. The second kappa shape index (κ2) is 11.0. The quantitative estimate of drug-likeness (QED) is 0.280. The lowest BCUT2D eigenvalue weighted by atomic mass is 10.2. The summed E-state index contributed by atoms with van der Waals surface area (Å²) in [6.45, 7) is 6.37. The fourth-order valence-electron chi connectivity index (χ4n) is 3.76. The molecule has 1 unspecified atom stereocenters. The minimum absolute atomic E-state index is 0. The van der Waals surface area contributed by atoms with Gasteiger partial charge in [-0.05, 0) is 50.1 Å². The first-order chi connectivity index (χ1) is 15.0. The lowest BCUT2D eigenvalue weighted by Gasteiger charge is -2.20. The average Bonchev–Trinajstić information content (AvgIpc) is 3.37. The molecule has 4 rings (SSSR count). The standard InChI is InChI=1S/C22H27ClN8.HI/c1-15-11-16(2)31(29-15)20-7-6-17(12-26-20)13-27-22(24-3)28-18-8-10-30(14-18)21-19(23)5-4-9-25-21;/h4-7,9,11-12,18H,8,10,13-14H2,1-3H3,(H2,24,27,28);1H. The number of guanidine groups is 1. The Labute approximate surface area is 210 Å². The van der Waals surface area contributed by atoms with Crippen LogP contribution in [0.1, 0.15) is 23.4 Å². The minimum atomic E-state index is 0. The molecule has 1 saturated heterocycles. The van der Waals surface area contributed by atoms with E-state index >= 15 is 0 Å². The van der Waals surface area contributed by atoms with E-state index in [2.05, 4.69) is 41.7 Å². The Hall–Kier alpha value is -2.40. The molecule has 0 spiro atoms. The van der Waals surface area contributed by atoms with Gasteiger partial charge in [-0.2, -0.15) is 5.10 Å². The van der Waals surface area contributed by atoms with Crippen molar-refractivity contribution in [1.29, 1.82) is 0 Å². The van der Waals surface area contributed by atoms with Crippen LogP contribution in [-0.2, 0) is 6.54 Å². The molecule has 2 N–H and O–H groups in total. The highest BCUT2D eigenvalue weighted by atomic mass is 127. The van der Waals surface area contributed by atoms with Crippen LogP contribution in [0.4, 0.5) is 5.82 Å². The lowest BCUT2D eigenvalue weighted by molar-refractivity contribution is 0.648. The van der Waals surface area contributed by atoms with Crippen LogP contribution in [0.25, 0.3) is 5.82 Å². The first-order valence-corrected chi connectivity index (χ1v) is 10.7. The molecule has 0 amide bonds. The molecule has 3 aromatic heterocycles. The first kappa shape index (κ1) is 24.2. The Balaban J connectivity index is 0.00000289. The Kier molecular flexibility index (Phi) is 8.30. The highest BCUT2D eigenvalue weighted by molar-refractivity contribution is 14.0. The van der Waals surface area contributed by atoms with Gasteiger partial charge in [-0.25, -0.2) is 14.6 Å². The van der Waals surface area contributed by atoms with Gasteiger partial charge in [0.1, 0.15) is 5.82 Å². The van der Waals surface area contributed by atoms with E-state index in [1.54, 1.807) is 13.2 Å². The van der Waals surface area contributed by atoms with Crippen molar-refractivity contribution < 1.29 is 0 Å². The summed E-state index contributed by atoms with van der Waals surface area (Å²) in [6, 6.07) is 10.1. The van der Waals surface area contributed by atoms with E-state index < -0.39 is 0 Å². The second-order valence-electron chi connectivity index (χ2n) is 7.67. The molecule has 0 aliphatic carbocycles. The van der Waals surface area contributed by atoms with Gasteiger partial charge in [-0.15, -0.1) is 24.0 Å². The van der Waals surface area contributed by atoms with Crippen LogP contribution < -0.4 is 15.5 Å². The maximum absolute atomic E-state index is 6.29. The van der Waals surface area contributed by atoms with Crippen LogP contribution in [0.5, 0.6) is 0 Å². The van der Waals surface area contributed by atoms with Crippen molar-refractivity contribution in [2.75, 3.05) is 25.0 Å². The Morgan fingerprint density at radius 2 is 2.09 bits per heavy atom. The third-order valence-electron chi connectivity index (χ3n) is 5.29. The van der Waals surface area contributed by atoms with Gasteiger partial charge >= 0.3 is 0 Å². The Morgan fingerprint density at radius 1 is 1.25 bits per heavy atom. The third kappa shape index (κ3) is 5.69. The van der Waals surface area contributed by atoms with Crippen LogP contribution >= 0.6 is 35.6 Å². The van der Waals surface area contributed by atoms with E-state index in [1.165, 1.54) is 0 Å². The predicted molar refractivity (Wildman–Crippen MR) is 139 cm³/mol. The van der Waals surface area contributed by atoms with Crippen LogP contribution in [-0.4, -0.2) is 51.9 Å². The number of hydrogen-bond donors (Lipinski definition) is 2. The zero-order valence-electron chi connectivity index (χ0n) is 18.4. The summed E-state index contributed by atoms with van der Waals surface area (Å²) in [5.41, 5.74) is 3.12. The van der Waals surface area contributed by atoms with Gasteiger partial charge in [0, 0.05) is 50.8 Å². The number of aromatic nitrogens is 4. The molecular weight excluding hydrogens is 539 g/mol. The van der Waals surface area contributed by atoms with Crippen LogP contribution in [0.3, 0.4) is 0 Å². The summed E-state index contributed by atoms with van der Waals surface area (Å²) < 4.78 is 1.85. The Morgan fingerprint density at radius 3 is 2.75 bits per heavy atom. The van der Waals surface area contributed by atoms with Gasteiger partial charge in [-0.3, -0.25) is 4.99 Å². The molecule has 170 valence electrons. The smallest absolute Gasteiger partial charge is 0.191 e. The van der Waals surface area contributed by atoms with Crippen molar-refractivity contribution >= 4 is 47.4 Å². The fourth-order valence-corrected chi connectivity index (χ4v) is 4.00. The average molecular weight is 567 g/mol. The highest BCUT2D eigenvalue weighted by Crippen LogP contribution is 2.25. The largest absolute Gasteiger partial charge is 0.353 e. The number of rotatable bonds is 5. The number of nitrogens with one attached hydrogen (secondary N) is 2. The number of anilines is 1. The molecule has 1 atom stereocenters. The Bertz CT molecular complexity index is 1070. The highest BCUT2D eigenvalue weighted by Gasteiger charge is 2.25. The minimum Gasteiger partial charge on any atom is -0.353 e. The molecule has 0 aromatic carbocycles. The van der Waals surface area contributed by atoms with Crippen molar-refractivity contribution in [3.8, 4) is 5.82 Å². The fraction of sp³-hybridized carbons (Fsp3) is 0.364. The van der Waals surface area contributed by atoms with Gasteiger partial charge in [0.2, 0.25) is 0 Å². The summed E-state index contributed by atoms with van der Waals surface area (Å²) in [5.74, 6) is 2.42. The van der Waals surface area contributed by atoms with E-state index in [4.69, 9.17) is 11.6 Å². The maximum atomic E-state index is 6.29. The topological polar surface area (TPSA) is 83.3 Å². The molecule has 32 heavy (non-hydrogen) atoms. The van der Waals surface area contributed by atoms with Gasteiger partial charge < -0.3 is 15.5 Å². The maximum Gasteiger partial charge on any atom is 0.191 e. The number of aryl methyl sites for hydroxylation is 2. The summed E-state index contributed by atoms with van der Waals surface area (Å²) in [4.78, 5) is 15.5. The zero-order valence-corrected chi connectivity index (χ0v) is 21.5. The van der Waals surface area contributed by atoms with E-state index in [0.29, 0.717) is 11.6 Å². The molecule has 0 radical (unpaired) electrons. The number of nitrogens with zero attached hydrogens (tertiary/aromatic N) is 6. The second-order valence-corrected chi connectivity index (χ2v) is 8.08. The van der Waals surface area contributed by atoms with Crippen molar-refractivity contribution in [3.63, 3.8) is 0 Å². The number of pyridine rings is 2. The summed E-state index contributed by atoms with van der Waals surface area (Å²) in [5, 5.41) is 12.0.